The molecule has 2 aromatic rings. The van der Waals surface area contributed by atoms with Crippen LogP contribution >= 0.6 is 24.2 Å². The number of rotatable bonds is 4. The molecule has 0 spiro atoms. The predicted molar refractivity (Wildman–Crippen MR) is 109 cm³/mol. The van der Waals surface area contributed by atoms with Gasteiger partial charge in [0.2, 0.25) is 0 Å². The molecule has 4 heterocycles. The molecule has 1 saturated heterocycles. The van der Waals surface area contributed by atoms with Crippen LogP contribution in [-0.2, 0) is 4.79 Å². The minimum absolute atomic E-state index is 0. The first-order valence-corrected chi connectivity index (χ1v) is 9.72. The minimum atomic E-state index is -0.334. The van der Waals surface area contributed by atoms with Crippen LogP contribution < -0.4 is 15.5 Å². The Morgan fingerprint density at radius 2 is 2.33 bits per heavy atom. The van der Waals surface area contributed by atoms with Crippen molar-refractivity contribution >= 4 is 46.9 Å². The Hall–Kier alpha value is -1.81. The second-order valence-corrected chi connectivity index (χ2v) is 7.78. The van der Waals surface area contributed by atoms with Gasteiger partial charge in [-0.3, -0.25) is 4.79 Å². The number of β-amino-alcohol motifs (C(OH)–C–C–N with tert-alkyl or cyclic N) is 1. The van der Waals surface area contributed by atoms with E-state index in [1.54, 1.807) is 11.8 Å². The zero-order valence-electron chi connectivity index (χ0n) is 14.9. The number of anilines is 1. The first-order chi connectivity index (χ1) is 12.6. The number of halogens is 1. The van der Waals surface area contributed by atoms with E-state index in [-0.39, 0.29) is 36.5 Å². The van der Waals surface area contributed by atoms with Crippen LogP contribution in [0.2, 0.25) is 0 Å². The van der Waals surface area contributed by atoms with Gasteiger partial charge in [-0.15, -0.1) is 24.2 Å². The van der Waals surface area contributed by atoms with Crippen molar-refractivity contribution in [3.8, 4) is 0 Å². The lowest BCUT2D eigenvalue weighted by atomic mass is 10.1. The number of nitrogens with one attached hydrogen (secondary N) is 3. The van der Waals surface area contributed by atoms with Crippen molar-refractivity contribution in [1.29, 1.82) is 0 Å². The van der Waals surface area contributed by atoms with Gasteiger partial charge < -0.3 is 25.6 Å². The number of aliphatic hydroxyl groups is 1. The van der Waals surface area contributed by atoms with Gasteiger partial charge in [-0.2, -0.15) is 0 Å². The highest BCUT2D eigenvalue weighted by Crippen LogP contribution is 2.29. The van der Waals surface area contributed by atoms with E-state index in [2.05, 4.69) is 25.6 Å². The fraction of sp³-hybridized carbons (Fsp3) is 0.471. The maximum atomic E-state index is 12.7. The van der Waals surface area contributed by atoms with Crippen LogP contribution in [0.5, 0.6) is 0 Å². The summed E-state index contributed by atoms with van der Waals surface area (Å²) >= 11 is 1.55. The fourth-order valence-electron chi connectivity index (χ4n) is 3.38. The van der Waals surface area contributed by atoms with Gasteiger partial charge in [0.25, 0.3) is 5.91 Å². The van der Waals surface area contributed by atoms with Crippen LogP contribution in [0, 0.1) is 0 Å². The molecule has 2 aliphatic heterocycles. The van der Waals surface area contributed by atoms with E-state index in [1.165, 1.54) is 6.33 Å². The molecule has 3 atom stereocenters. The second kappa shape index (κ2) is 8.47. The fourth-order valence-corrected chi connectivity index (χ4v) is 4.28. The lowest BCUT2D eigenvalue weighted by Crippen LogP contribution is -2.46. The van der Waals surface area contributed by atoms with Gasteiger partial charge in [0, 0.05) is 43.3 Å². The first-order valence-electron chi connectivity index (χ1n) is 8.73. The lowest BCUT2D eigenvalue weighted by molar-refractivity contribution is -0.117. The predicted octanol–water partition coefficient (Wildman–Crippen LogP) is 1.00. The van der Waals surface area contributed by atoms with Crippen LogP contribution in [-0.4, -0.2) is 63.0 Å². The maximum Gasteiger partial charge on any atom is 0.259 e. The molecule has 4 N–H and O–H groups in total. The molecule has 0 aromatic carbocycles. The van der Waals surface area contributed by atoms with E-state index in [1.807, 2.05) is 30.3 Å². The molecule has 0 aliphatic carbocycles. The number of H-pyrrole nitrogens is 1. The number of carbonyl (C=O) groups is 1. The van der Waals surface area contributed by atoms with Crippen LogP contribution in [0.1, 0.15) is 13.3 Å². The molecule has 10 heteroatoms. The number of hydrogen-bond acceptors (Lipinski definition) is 7. The number of aliphatic hydroxyl groups excluding tert-OH is 1. The summed E-state index contributed by atoms with van der Waals surface area (Å²) < 4.78 is 0. The van der Waals surface area contributed by atoms with Gasteiger partial charge in [-0.1, -0.05) is 0 Å². The highest BCUT2D eigenvalue weighted by atomic mass is 35.5. The summed E-state index contributed by atoms with van der Waals surface area (Å²) in [5, 5.41) is 16.9. The van der Waals surface area contributed by atoms with Gasteiger partial charge in [0.1, 0.15) is 17.8 Å². The smallest absolute Gasteiger partial charge is 0.259 e. The zero-order chi connectivity index (χ0) is 18.1. The van der Waals surface area contributed by atoms with Crippen LogP contribution in [0.3, 0.4) is 0 Å². The monoisotopic (exact) mass is 410 g/mol. The number of aromatic amines is 1. The van der Waals surface area contributed by atoms with E-state index < -0.39 is 0 Å². The van der Waals surface area contributed by atoms with Gasteiger partial charge >= 0.3 is 0 Å². The molecule has 0 saturated carbocycles. The van der Waals surface area contributed by atoms with Crippen molar-refractivity contribution in [3.63, 3.8) is 0 Å². The van der Waals surface area contributed by atoms with Crippen LogP contribution in [0.4, 0.5) is 5.82 Å². The second-order valence-electron chi connectivity index (χ2n) is 6.64. The van der Waals surface area contributed by atoms with E-state index in [0.29, 0.717) is 17.9 Å². The number of thioether (sulfide) groups is 1. The lowest BCUT2D eigenvalue weighted by Gasteiger charge is -2.27. The average Bonchev–Trinajstić information content (AvgIpc) is 3.30. The first kappa shape index (κ1) is 19.9. The third-order valence-corrected chi connectivity index (χ3v) is 5.78. The Bertz CT molecular complexity index is 844. The molecule has 0 bridgehead atoms. The number of hydrogen-bond donors (Lipinski definition) is 4. The molecule has 8 nitrogen and oxygen atoms in total. The molecule has 2 aromatic heterocycles. The van der Waals surface area contributed by atoms with Crippen molar-refractivity contribution in [2.75, 3.05) is 23.7 Å². The average molecular weight is 411 g/mol. The number of fused-ring (bicyclic) bond motifs is 1. The summed E-state index contributed by atoms with van der Waals surface area (Å²) in [5.74, 6) is 1.52. The summed E-state index contributed by atoms with van der Waals surface area (Å²) in [4.78, 5) is 27.1. The third kappa shape index (κ3) is 4.21. The van der Waals surface area contributed by atoms with E-state index in [0.717, 1.165) is 29.1 Å². The molecule has 2 aliphatic rings. The summed E-state index contributed by atoms with van der Waals surface area (Å²) in [6, 6.07) is 1.99. The molecule has 1 fully saturated rings. The Labute approximate surface area is 167 Å². The van der Waals surface area contributed by atoms with E-state index in [4.69, 9.17) is 0 Å². The number of amides is 1. The Balaban J connectivity index is 0.00000210. The van der Waals surface area contributed by atoms with Crippen LogP contribution in [0.15, 0.2) is 29.7 Å². The molecule has 1 amide bonds. The van der Waals surface area contributed by atoms with Gasteiger partial charge in [0.05, 0.1) is 16.4 Å². The third-order valence-electron chi connectivity index (χ3n) is 4.80. The molecular formula is C17H23ClN6O2S. The molecule has 4 rings (SSSR count). The summed E-state index contributed by atoms with van der Waals surface area (Å²) in [7, 11) is 0. The number of nitrogens with zero attached hydrogens (tertiary/aromatic N) is 3. The van der Waals surface area contributed by atoms with Crippen LogP contribution in [0.25, 0.3) is 11.0 Å². The molecule has 0 radical (unpaired) electrons. The summed E-state index contributed by atoms with van der Waals surface area (Å²) in [6.45, 7) is 3.33. The van der Waals surface area contributed by atoms with Gasteiger partial charge in [-0.25, -0.2) is 9.97 Å². The minimum Gasteiger partial charge on any atom is -0.392 e. The maximum absolute atomic E-state index is 12.7. The van der Waals surface area contributed by atoms with Crippen molar-refractivity contribution in [2.45, 2.75) is 31.5 Å². The summed E-state index contributed by atoms with van der Waals surface area (Å²) in [6.07, 6.45) is 5.56. The Kier molecular flexibility index (Phi) is 6.25. The molecule has 1 unspecified atom stereocenters. The van der Waals surface area contributed by atoms with Gasteiger partial charge in [-0.05, 0) is 19.4 Å². The highest BCUT2D eigenvalue weighted by Gasteiger charge is 2.29. The number of carbonyl (C=O) groups excluding carboxylic acids is 1. The van der Waals surface area contributed by atoms with Crippen molar-refractivity contribution in [2.24, 2.45) is 0 Å². The van der Waals surface area contributed by atoms with Crippen molar-refractivity contribution in [3.05, 3.63) is 29.7 Å². The normalized spacial score (nSPS) is 23.6. The number of aromatic nitrogens is 3. The SMILES string of the molecule is CC(NC(=O)C1=CN(c2ncnc3[nH]ccc23)CCS1)[C@@H]1C[C@@H](O)CN1.Cl. The largest absolute Gasteiger partial charge is 0.392 e. The molecule has 146 valence electrons. The molecule has 27 heavy (non-hydrogen) atoms. The van der Waals surface area contributed by atoms with E-state index >= 15 is 0 Å². The Morgan fingerprint density at radius 1 is 1.48 bits per heavy atom. The summed E-state index contributed by atoms with van der Waals surface area (Å²) in [5.41, 5.74) is 0.784. The van der Waals surface area contributed by atoms with E-state index in [9.17, 15) is 9.90 Å². The molecular weight excluding hydrogens is 388 g/mol. The standard InChI is InChI=1S/C17H22N6O2S.ClH/c1-10(13-6-11(24)7-19-13)22-17(25)14-8-23(4-5-26-14)16-12-2-3-18-15(12)20-9-21-16;/h2-3,8-11,13,19,24H,4-7H2,1H3,(H,22,25)(H,18,20,21);1H/t10?,11-,13+;/m1./s1. The zero-order valence-corrected chi connectivity index (χ0v) is 16.5. The topological polar surface area (TPSA) is 106 Å². The van der Waals surface area contributed by atoms with Crippen molar-refractivity contribution in [1.82, 2.24) is 25.6 Å². The van der Waals surface area contributed by atoms with Crippen molar-refractivity contribution < 1.29 is 9.90 Å². The highest BCUT2D eigenvalue weighted by molar-refractivity contribution is 8.04. The Morgan fingerprint density at radius 3 is 3.11 bits per heavy atom. The van der Waals surface area contributed by atoms with Gasteiger partial charge in [0.15, 0.2) is 0 Å². The quantitative estimate of drug-likeness (QED) is 0.595.